The first-order chi connectivity index (χ1) is 6.54. The maximum Gasteiger partial charge on any atom is 0.163 e. The van der Waals surface area contributed by atoms with E-state index >= 15 is 0 Å². The third-order valence-corrected chi connectivity index (χ3v) is 2.21. The Hall–Kier alpha value is -1.38. The Kier molecular flexibility index (Phi) is 3.23. The van der Waals surface area contributed by atoms with Gasteiger partial charge in [0.15, 0.2) is 5.78 Å². The van der Waals surface area contributed by atoms with Crippen LogP contribution in [-0.2, 0) is 24.7 Å². The molecule has 3 nitrogen and oxygen atoms in total. The van der Waals surface area contributed by atoms with E-state index in [0.29, 0.717) is 12.0 Å². The summed E-state index contributed by atoms with van der Waals surface area (Å²) in [5.74, 6) is 0.0793. The molecule has 0 fully saturated rings. The van der Waals surface area contributed by atoms with E-state index in [1.807, 2.05) is 20.0 Å². The molecule has 1 heterocycles. The van der Waals surface area contributed by atoms with Gasteiger partial charge in [0.1, 0.15) is 0 Å². The fourth-order valence-corrected chi connectivity index (χ4v) is 1.23. The number of carbonyl (C=O) groups excluding carboxylic acids is 1. The van der Waals surface area contributed by atoms with Gasteiger partial charge in [0.05, 0.1) is 12.1 Å². The first-order valence-electron chi connectivity index (χ1n) is 4.75. The first-order valence-corrected chi connectivity index (χ1v) is 4.75. The van der Waals surface area contributed by atoms with E-state index < -0.39 is 0 Å². The summed E-state index contributed by atoms with van der Waals surface area (Å²) < 4.78 is 1.76. The number of rotatable bonds is 4. The van der Waals surface area contributed by atoms with Crippen molar-refractivity contribution >= 4 is 5.78 Å². The van der Waals surface area contributed by atoms with Crippen molar-refractivity contribution in [2.75, 3.05) is 0 Å². The topological polar surface area (TPSA) is 34.9 Å². The summed E-state index contributed by atoms with van der Waals surface area (Å²) in [5.41, 5.74) is 2.58. The number of hydrogen-bond donors (Lipinski definition) is 0. The minimum atomic E-state index is 0.0793. The number of aryl methyl sites for hydroxylation is 2. The minimum Gasteiger partial charge on any atom is -0.294 e. The molecule has 0 atom stereocenters. The molecule has 0 saturated carbocycles. The Morgan fingerprint density at radius 1 is 1.64 bits per heavy atom. The summed E-state index contributed by atoms with van der Waals surface area (Å²) >= 11 is 0. The molecule has 0 radical (unpaired) electrons. The van der Waals surface area contributed by atoms with Crippen LogP contribution in [0.3, 0.4) is 0 Å². The van der Waals surface area contributed by atoms with Gasteiger partial charge in [-0.1, -0.05) is 13.5 Å². The summed E-state index contributed by atoms with van der Waals surface area (Å²) in [7, 11) is 1.86. The minimum absolute atomic E-state index is 0.0793. The van der Waals surface area contributed by atoms with Crippen molar-refractivity contribution in [2.45, 2.75) is 26.7 Å². The van der Waals surface area contributed by atoms with Crippen LogP contribution >= 0.6 is 0 Å². The van der Waals surface area contributed by atoms with Crippen molar-refractivity contribution < 1.29 is 4.79 Å². The van der Waals surface area contributed by atoms with E-state index in [1.165, 1.54) is 0 Å². The number of nitrogens with zero attached hydrogens (tertiary/aromatic N) is 2. The van der Waals surface area contributed by atoms with Gasteiger partial charge in [0, 0.05) is 12.7 Å². The molecule has 1 aromatic heterocycles. The zero-order chi connectivity index (χ0) is 10.7. The van der Waals surface area contributed by atoms with Crippen molar-refractivity contribution in [3.63, 3.8) is 0 Å². The van der Waals surface area contributed by atoms with Crippen molar-refractivity contribution in [2.24, 2.45) is 7.05 Å². The lowest BCUT2D eigenvalue weighted by Gasteiger charge is -1.99. The van der Waals surface area contributed by atoms with Crippen molar-refractivity contribution in [3.05, 3.63) is 29.6 Å². The van der Waals surface area contributed by atoms with Gasteiger partial charge in [-0.25, -0.2) is 0 Å². The van der Waals surface area contributed by atoms with Gasteiger partial charge in [0.2, 0.25) is 0 Å². The molecule has 0 aliphatic rings. The largest absolute Gasteiger partial charge is 0.294 e. The molecule has 0 aromatic carbocycles. The number of aromatic nitrogens is 2. The van der Waals surface area contributed by atoms with Crippen LogP contribution in [0.15, 0.2) is 18.2 Å². The number of Topliss-reactive ketones (excluding diaryl/α,β-unsaturated/α-hetero) is 1. The van der Waals surface area contributed by atoms with Crippen molar-refractivity contribution in [3.8, 4) is 0 Å². The maximum absolute atomic E-state index is 11.4. The van der Waals surface area contributed by atoms with E-state index in [-0.39, 0.29) is 5.78 Å². The fraction of sp³-hybridized carbons (Fsp3) is 0.455. The monoisotopic (exact) mass is 192 g/mol. The highest BCUT2D eigenvalue weighted by molar-refractivity contribution is 5.95. The third kappa shape index (κ3) is 2.31. The lowest BCUT2D eigenvalue weighted by atomic mass is 10.1. The zero-order valence-corrected chi connectivity index (χ0v) is 9.00. The molecule has 0 saturated heterocycles. The summed E-state index contributed by atoms with van der Waals surface area (Å²) in [6.45, 7) is 7.41. The molecule has 0 N–H and O–H groups in total. The van der Waals surface area contributed by atoms with Crippen molar-refractivity contribution in [1.29, 1.82) is 0 Å². The van der Waals surface area contributed by atoms with E-state index in [4.69, 9.17) is 0 Å². The molecule has 0 bridgehead atoms. The Balaban J connectivity index is 2.81. The fourth-order valence-electron chi connectivity index (χ4n) is 1.23. The third-order valence-electron chi connectivity index (χ3n) is 2.21. The highest BCUT2D eigenvalue weighted by Crippen LogP contribution is 2.07. The van der Waals surface area contributed by atoms with E-state index in [2.05, 4.69) is 11.7 Å². The van der Waals surface area contributed by atoms with E-state index in [0.717, 1.165) is 17.8 Å². The van der Waals surface area contributed by atoms with Gasteiger partial charge in [0.25, 0.3) is 0 Å². The summed E-state index contributed by atoms with van der Waals surface area (Å²) in [6.07, 6.45) is 1.30. The zero-order valence-electron chi connectivity index (χ0n) is 9.00. The summed E-state index contributed by atoms with van der Waals surface area (Å²) in [5, 5.41) is 4.28. The second-order valence-corrected chi connectivity index (χ2v) is 3.48. The molecule has 1 rings (SSSR count). The Morgan fingerprint density at radius 2 is 2.29 bits per heavy atom. The van der Waals surface area contributed by atoms with Crippen LogP contribution in [0.1, 0.15) is 25.2 Å². The molecular weight excluding hydrogens is 176 g/mol. The van der Waals surface area contributed by atoms with Crippen LogP contribution in [0.4, 0.5) is 0 Å². The van der Waals surface area contributed by atoms with Gasteiger partial charge in [-0.3, -0.25) is 9.48 Å². The first kappa shape index (κ1) is 10.7. The molecule has 0 unspecified atom stereocenters. The molecule has 1 aromatic rings. The predicted molar refractivity (Wildman–Crippen MR) is 56.1 cm³/mol. The smallest absolute Gasteiger partial charge is 0.163 e. The molecule has 76 valence electrons. The highest BCUT2D eigenvalue weighted by atomic mass is 16.1. The van der Waals surface area contributed by atoms with Crippen LogP contribution in [-0.4, -0.2) is 15.6 Å². The Bertz CT molecular complexity index is 363. The second-order valence-electron chi connectivity index (χ2n) is 3.48. The standard InChI is InChI=1S/C11H16N2O/c1-5-9-6-10(13(4)12-9)7-11(14)8(2)3/h6H,2,5,7H2,1,3-4H3. The van der Waals surface area contributed by atoms with E-state index in [9.17, 15) is 4.79 Å². The van der Waals surface area contributed by atoms with Gasteiger partial charge in [-0.15, -0.1) is 0 Å². The predicted octanol–water partition coefficient (Wildman–Crippen LogP) is 1.67. The van der Waals surface area contributed by atoms with Crippen molar-refractivity contribution in [1.82, 2.24) is 9.78 Å². The molecule has 3 heteroatoms. The van der Waals surface area contributed by atoms with Crippen LogP contribution in [0.25, 0.3) is 0 Å². The molecule has 14 heavy (non-hydrogen) atoms. The van der Waals surface area contributed by atoms with Crippen LogP contribution < -0.4 is 0 Å². The number of allylic oxidation sites excluding steroid dienone is 1. The number of hydrogen-bond acceptors (Lipinski definition) is 2. The molecule has 0 amide bonds. The SMILES string of the molecule is C=C(C)C(=O)Cc1cc(CC)nn1C. The van der Waals surface area contributed by atoms with Gasteiger partial charge in [-0.2, -0.15) is 5.10 Å². The molecule has 0 aliphatic carbocycles. The lowest BCUT2D eigenvalue weighted by Crippen LogP contribution is -2.07. The normalized spacial score (nSPS) is 10.2. The lowest BCUT2D eigenvalue weighted by molar-refractivity contribution is -0.115. The molecule has 0 aliphatic heterocycles. The number of ketones is 1. The van der Waals surface area contributed by atoms with Gasteiger partial charge >= 0.3 is 0 Å². The summed E-state index contributed by atoms with van der Waals surface area (Å²) in [4.78, 5) is 11.4. The second kappa shape index (κ2) is 4.22. The Labute approximate surface area is 84.4 Å². The average Bonchev–Trinajstić information content (AvgIpc) is 2.47. The number of carbonyl (C=O) groups is 1. The summed E-state index contributed by atoms with van der Waals surface area (Å²) in [6, 6.07) is 1.97. The quantitative estimate of drug-likeness (QED) is 0.680. The van der Waals surface area contributed by atoms with Crippen LogP contribution in [0.5, 0.6) is 0 Å². The van der Waals surface area contributed by atoms with E-state index in [1.54, 1.807) is 11.6 Å². The van der Waals surface area contributed by atoms with Crippen LogP contribution in [0, 0.1) is 0 Å². The van der Waals surface area contributed by atoms with Gasteiger partial charge in [-0.05, 0) is 25.0 Å². The maximum atomic E-state index is 11.4. The van der Waals surface area contributed by atoms with Gasteiger partial charge < -0.3 is 0 Å². The molecular formula is C11H16N2O. The molecule has 0 spiro atoms. The Morgan fingerprint density at radius 3 is 2.71 bits per heavy atom. The average molecular weight is 192 g/mol. The van der Waals surface area contributed by atoms with Crippen LogP contribution in [0.2, 0.25) is 0 Å². The highest BCUT2D eigenvalue weighted by Gasteiger charge is 2.09.